The predicted octanol–water partition coefficient (Wildman–Crippen LogP) is 5.61. The van der Waals surface area contributed by atoms with Gasteiger partial charge in [0, 0.05) is 10.9 Å². The van der Waals surface area contributed by atoms with Crippen molar-refractivity contribution in [3.05, 3.63) is 12.2 Å². The minimum atomic E-state index is -1.70. The summed E-state index contributed by atoms with van der Waals surface area (Å²) in [5.74, 6) is 0.634. The molecule has 0 aromatic rings. The Balaban J connectivity index is 2.14. The van der Waals surface area contributed by atoms with Gasteiger partial charge < -0.3 is 4.52 Å². The van der Waals surface area contributed by atoms with Gasteiger partial charge in [-0.05, 0) is 44.4 Å². The first-order valence-corrected chi connectivity index (χ1v) is 11.5. The van der Waals surface area contributed by atoms with Crippen molar-refractivity contribution in [3.63, 3.8) is 0 Å². The highest BCUT2D eigenvalue weighted by Gasteiger charge is 2.52. The average Bonchev–Trinajstić information content (AvgIpc) is 2.43. The Morgan fingerprint density at radius 3 is 2.68 bits per heavy atom. The Bertz CT molecular complexity index is 426. The van der Waals surface area contributed by atoms with Crippen molar-refractivity contribution in [2.45, 2.75) is 64.7 Å². The second-order valence-electron chi connectivity index (χ2n) is 7.65. The molecule has 1 heterocycles. The molecule has 2 fully saturated rings. The maximum Gasteiger partial charge on any atom is 0.121 e. The van der Waals surface area contributed by atoms with Gasteiger partial charge in [0.05, 0.1) is 6.10 Å². The lowest BCUT2D eigenvalue weighted by Crippen LogP contribution is -2.39. The van der Waals surface area contributed by atoms with Gasteiger partial charge in [-0.15, -0.1) is 0 Å². The smallest absolute Gasteiger partial charge is 0.121 e. The Labute approximate surface area is 127 Å². The fourth-order valence-electron chi connectivity index (χ4n) is 3.14. The first-order valence-electron chi connectivity index (χ1n) is 7.17. The second kappa shape index (κ2) is 5.16. The second-order valence-corrected chi connectivity index (χ2v) is 15.3. The van der Waals surface area contributed by atoms with Gasteiger partial charge in [0.2, 0.25) is 0 Å². The first kappa shape index (κ1) is 16.1. The molecule has 1 aliphatic heterocycles. The van der Waals surface area contributed by atoms with Crippen molar-refractivity contribution in [1.82, 2.24) is 0 Å². The highest BCUT2D eigenvalue weighted by molar-refractivity contribution is 8.70. The van der Waals surface area contributed by atoms with Crippen LogP contribution in [0.3, 0.4) is 0 Å². The Morgan fingerprint density at radius 2 is 2.16 bits per heavy atom. The molecule has 1 nitrogen and oxygen atoms in total. The van der Waals surface area contributed by atoms with Crippen molar-refractivity contribution in [2.75, 3.05) is 6.16 Å². The summed E-state index contributed by atoms with van der Waals surface area (Å²) >= 11 is 7.95. The quantitative estimate of drug-likeness (QED) is 0.484. The van der Waals surface area contributed by atoms with Crippen molar-refractivity contribution in [1.29, 1.82) is 0 Å². The summed E-state index contributed by atoms with van der Waals surface area (Å²) in [6.45, 7) is 15.5. The fraction of sp³-hybridized carbons (Fsp3) is 0.867. The Kier molecular flexibility index (Phi) is 4.36. The zero-order valence-corrected chi connectivity index (χ0v) is 15.4. The molecule has 0 amide bonds. The van der Waals surface area contributed by atoms with E-state index in [1.807, 2.05) is 11.4 Å². The van der Waals surface area contributed by atoms with Crippen molar-refractivity contribution in [3.8, 4) is 0 Å². The summed E-state index contributed by atoms with van der Waals surface area (Å²) in [4.78, 5) is 0. The van der Waals surface area contributed by atoms with E-state index in [9.17, 15) is 0 Å². The van der Waals surface area contributed by atoms with Crippen molar-refractivity contribution < 1.29 is 4.52 Å². The third-order valence-electron chi connectivity index (χ3n) is 4.17. The average molecular weight is 318 g/mol. The molecule has 2 aliphatic rings. The van der Waals surface area contributed by atoms with Crippen LogP contribution in [0.2, 0.25) is 0 Å². The van der Waals surface area contributed by atoms with Gasteiger partial charge in [-0.3, -0.25) is 0 Å². The molecule has 19 heavy (non-hydrogen) atoms. The third kappa shape index (κ3) is 3.67. The van der Waals surface area contributed by atoms with E-state index in [1.54, 1.807) is 0 Å². The molecule has 0 N–H and O–H groups in total. The number of allylic oxidation sites excluding steroid dienone is 1. The van der Waals surface area contributed by atoms with Crippen LogP contribution in [-0.2, 0) is 16.3 Å². The molecule has 0 spiro atoms. The lowest BCUT2D eigenvalue weighted by molar-refractivity contribution is 0.126. The van der Waals surface area contributed by atoms with Gasteiger partial charge in [0.1, 0.15) is 5.47 Å². The zero-order chi connectivity index (χ0) is 14.5. The predicted molar refractivity (Wildman–Crippen MR) is 91.6 cm³/mol. The molecule has 4 heteroatoms. The maximum atomic E-state index is 6.46. The molecule has 110 valence electrons. The SMILES string of the molecule is C=C(C)[C@@H]1CC[C@]2(C)SP(=S)(CC(C)(C)C)O[C@H]2C1. The Morgan fingerprint density at radius 1 is 1.53 bits per heavy atom. The summed E-state index contributed by atoms with van der Waals surface area (Å²) < 4.78 is 6.72. The van der Waals surface area contributed by atoms with E-state index in [-0.39, 0.29) is 10.2 Å². The molecule has 0 aromatic heterocycles. The topological polar surface area (TPSA) is 9.23 Å². The number of fused-ring (bicyclic) bond motifs is 1. The fourth-order valence-corrected chi connectivity index (χ4v) is 13.7. The molecule has 1 saturated carbocycles. The van der Waals surface area contributed by atoms with Gasteiger partial charge in [0.25, 0.3) is 0 Å². The molecule has 4 atom stereocenters. The highest BCUT2D eigenvalue weighted by atomic mass is 32.9. The normalized spacial score (nSPS) is 43.0. The number of hydrogen-bond acceptors (Lipinski definition) is 3. The lowest BCUT2D eigenvalue weighted by Gasteiger charge is -2.37. The molecular formula is C15H27OPS2. The lowest BCUT2D eigenvalue weighted by atomic mass is 9.77. The summed E-state index contributed by atoms with van der Waals surface area (Å²) in [5, 5.41) is 0. The monoisotopic (exact) mass is 318 g/mol. The number of hydrogen-bond donors (Lipinski definition) is 0. The molecule has 0 radical (unpaired) electrons. The third-order valence-corrected chi connectivity index (χ3v) is 11.3. The molecular weight excluding hydrogens is 291 g/mol. The molecule has 1 unspecified atom stereocenters. The van der Waals surface area contributed by atoms with Gasteiger partial charge in [-0.25, -0.2) is 0 Å². The maximum absolute atomic E-state index is 6.46. The molecule has 1 aliphatic carbocycles. The van der Waals surface area contributed by atoms with Crippen LogP contribution in [0.15, 0.2) is 12.2 Å². The van der Waals surface area contributed by atoms with Gasteiger partial charge in [-0.1, -0.05) is 56.1 Å². The van der Waals surface area contributed by atoms with E-state index in [4.69, 9.17) is 16.3 Å². The first-order chi connectivity index (χ1) is 8.53. The van der Waals surface area contributed by atoms with Crippen LogP contribution < -0.4 is 0 Å². The van der Waals surface area contributed by atoms with Crippen molar-refractivity contribution in [2.24, 2.45) is 11.3 Å². The summed E-state index contributed by atoms with van der Waals surface area (Å²) in [6, 6.07) is 0. The zero-order valence-electron chi connectivity index (χ0n) is 12.9. The minimum Gasteiger partial charge on any atom is -0.337 e. The van der Waals surface area contributed by atoms with Crippen LogP contribution in [0, 0.1) is 11.3 Å². The van der Waals surface area contributed by atoms with E-state index in [1.165, 1.54) is 18.4 Å². The van der Waals surface area contributed by atoms with Gasteiger partial charge in [0.15, 0.2) is 0 Å². The van der Waals surface area contributed by atoms with E-state index in [0.717, 1.165) is 12.6 Å². The van der Waals surface area contributed by atoms with E-state index in [0.29, 0.717) is 12.0 Å². The van der Waals surface area contributed by atoms with E-state index >= 15 is 0 Å². The number of rotatable bonds is 2. The van der Waals surface area contributed by atoms with Crippen LogP contribution in [0.1, 0.15) is 53.9 Å². The molecule has 2 rings (SSSR count). The summed E-state index contributed by atoms with van der Waals surface area (Å²) in [6.07, 6.45) is 5.00. The largest absolute Gasteiger partial charge is 0.337 e. The van der Waals surface area contributed by atoms with Crippen LogP contribution in [0.5, 0.6) is 0 Å². The standard InChI is InChI=1S/C15H27OPS2/c1-11(2)12-7-8-15(6)13(9-12)16-17(18,19-15)10-14(3,4)5/h12-13H,1,7-10H2,2-6H3/t12-,13+,15+,17?/m1/s1. The Hall–Kier alpha value is 0.700. The molecule has 1 saturated heterocycles. The van der Waals surface area contributed by atoms with Gasteiger partial charge >= 0.3 is 0 Å². The van der Waals surface area contributed by atoms with Crippen LogP contribution in [0.4, 0.5) is 0 Å². The summed E-state index contributed by atoms with van der Waals surface area (Å²) in [5.41, 5.74) is -0.123. The van der Waals surface area contributed by atoms with Crippen LogP contribution in [-0.4, -0.2) is 17.0 Å². The van der Waals surface area contributed by atoms with E-state index < -0.39 is 5.47 Å². The van der Waals surface area contributed by atoms with Crippen molar-refractivity contribution >= 4 is 28.7 Å². The van der Waals surface area contributed by atoms with Crippen LogP contribution >= 0.6 is 16.8 Å². The van der Waals surface area contributed by atoms with Crippen LogP contribution in [0.25, 0.3) is 0 Å². The molecule has 0 aromatic carbocycles. The minimum absolute atomic E-state index is 0.257. The highest BCUT2D eigenvalue weighted by Crippen LogP contribution is 2.76. The van der Waals surface area contributed by atoms with Gasteiger partial charge in [-0.2, -0.15) is 0 Å². The molecule has 0 bridgehead atoms. The van der Waals surface area contributed by atoms with E-state index in [2.05, 4.69) is 41.2 Å². The summed E-state index contributed by atoms with van der Waals surface area (Å²) in [7, 11) is 0.